The molecule has 0 unspecified atom stereocenters. The first kappa shape index (κ1) is 14.5. The monoisotopic (exact) mass is 236 g/mol. The molecule has 0 aromatic rings. The summed E-state index contributed by atoms with van der Waals surface area (Å²) in [6, 6.07) is 0.175. The first-order chi connectivity index (χ1) is 6.43. The Morgan fingerprint density at radius 3 is 2.13 bits per heavy atom. The van der Waals surface area contributed by atoms with E-state index in [0.29, 0.717) is 0 Å². The second-order valence-corrected chi connectivity index (χ2v) is 4.80. The normalized spacial score (nSPS) is 18.1. The van der Waals surface area contributed by atoms with E-state index in [0.717, 1.165) is 25.9 Å². The number of hydrogen-bond acceptors (Lipinski definition) is 2. The van der Waals surface area contributed by atoms with Crippen LogP contribution in [0.3, 0.4) is 0 Å². The maximum atomic E-state index is 11.2. The first-order valence-corrected chi connectivity index (χ1v) is 5.16. The summed E-state index contributed by atoms with van der Waals surface area (Å²) in [6.45, 7) is 7.69. The SMILES string of the molecule is CC(C)(C)N(C(=O)O)C1CCNCC1.Cl. The van der Waals surface area contributed by atoms with Gasteiger partial charge < -0.3 is 15.3 Å². The Hall–Kier alpha value is -0.480. The van der Waals surface area contributed by atoms with Crippen LogP contribution in [0.2, 0.25) is 0 Å². The fourth-order valence-electron chi connectivity index (χ4n) is 2.06. The van der Waals surface area contributed by atoms with Crippen LogP contribution in [0, 0.1) is 0 Å². The predicted molar refractivity (Wildman–Crippen MR) is 62.8 cm³/mol. The van der Waals surface area contributed by atoms with Crippen molar-refractivity contribution in [3.8, 4) is 0 Å². The molecule has 0 aliphatic carbocycles. The minimum Gasteiger partial charge on any atom is -0.465 e. The summed E-state index contributed by atoms with van der Waals surface area (Å²) in [4.78, 5) is 12.7. The van der Waals surface area contributed by atoms with Crippen LogP contribution in [-0.2, 0) is 0 Å². The van der Waals surface area contributed by atoms with Gasteiger partial charge in [-0.3, -0.25) is 0 Å². The van der Waals surface area contributed by atoms with E-state index in [1.54, 1.807) is 4.90 Å². The molecule has 0 aromatic carbocycles. The smallest absolute Gasteiger partial charge is 0.407 e. The largest absolute Gasteiger partial charge is 0.465 e. The maximum Gasteiger partial charge on any atom is 0.407 e. The zero-order valence-corrected chi connectivity index (χ0v) is 10.4. The van der Waals surface area contributed by atoms with Crippen molar-refractivity contribution in [2.45, 2.75) is 45.2 Å². The number of halogens is 1. The maximum absolute atomic E-state index is 11.2. The highest BCUT2D eigenvalue weighted by atomic mass is 35.5. The molecule has 0 atom stereocenters. The Bertz CT molecular complexity index is 210. The Kier molecular flexibility index (Phi) is 5.38. The molecule has 2 N–H and O–H groups in total. The molecule has 15 heavy (non-hydrogen) atoms. The van der Waals surface area contributed by atoms with Crippen molar-refractivity contribution in [3.63, 3.8) is 0 Å². The van der Waals surface area contributed by atoms with Crippen molar-refractivity contribution in [1.82, 2.24) is 10.2 Å². The summed E-state index contributed by atoms with van der Waals surface area (Å²) in [5.41, 5.74) is -0.298. The highest BCUT2D eigenvalue weighted by Gasteiger charge is 2.33. The molecule has 0 spiro atoms. The third kappa shape index (κ3) is 3.87. The van der Waals surface area contributed by atoms with Gasteiger partial charge in [0.2, 0.25) is 0 Å². The molecule has 0 bridgehead atoms. The van der Waals surface area contributed by atoms with Gasteiger partial charge in [0, 0.05) is 11.6 Å². The predicted octanol–water partition coefficient (Wildman–Crippen LogP) is 1.94. The highest BCUT2D eigenvalue weighted by molar-refractivity contribution is 5.85. The van der Waals surface area contributed by atoms with Gasteiger partial charge in [-0.25, -0.2) is 4.79 Å². The Morgan fingerprint density at radius 1 is 1.33 bits per heavy atom. The van der Waals surface area contributed by atoms with Crippen molar-refractivity contribution in [1.29, 1.82) is 0 Å². The average Bonchev–Trinajstić information content (AvgIpc) is 2.02. The van der Waals surface area contributed by atoms with Crippen LogP contribution in [0.5, 0.6) is 0 Å². The first-order valence-electron chi connectivity index (χ1n) is 5.16. The average molecular weight is 237 g/mol. The van der Waals surface area contributed by atoms with E-state index >= 15 is 0 Å². The number of nitrogens with zero attached hydrogens (tertiary/aromatic N) is 1. The van der Waals surface area contributed by atoms with Gasteiger partial charge in [0.1, 0.15) is 0 Å². The van der Waals surface area contributed by atoms with E-state index in [1.165, 1.54) is 0 Å². The van der Waals surface area contributed by atoms with Crippen LogP contribution >= 0.6 is 12.4 Å². The highest BCUT2D eigenvalue weighted by Crippen LogP contribution is 2.22. The summed E-state index contributed by atoms with van der Waals surface area (Å²) in [5, 5.41) is 12.4. The Morgan fingerprint density at radius 2 is 1.80 bits per heavy atom. The number of rotatable bonds is 1. The van der Waals surface area contributed by atoms with Gasteiger partial charge in [-0.05, 0) is 46.7 Å². The summed E-state index contributed by atoms with van der Waals surface area (Å²) >= 11 is 0. The van der Waals surface area contributed by atoms with Crippen molar-refractivity contribution in [2.75, 3.05) is 13.1 Å². The van der Waals surface area contributed by atoms with Crippen molar-refractivity contribution in [3.05, 3.63) is 0 Å². The zero-order valence-electron chi connectivity index (χ0n) is 9.62. The summed E-state index contributed by atoms with van der Waals surface area (Å²) < 4.78 is 0. The van der Waals surface area contributed by atoms with Crippen LogP contribution < -0.4 is 5.32 Å². The van der Waals surface area contributed by atoms with E-state index in [9.17, 15) is 4.79 Å². The molecule has 4 nitrogen and oxygen atoms in total. The topological polar surface area (TPSA) is 52.6 Å². The van der Waals surface area contributed by atoms with Gasteiger partial charge in [-0.2, -0.15) is 0 Å². The van der Waals surface area contributed by atoms with Gasteiger partial charge in [0.05, 0.1) is 0 Å². The van der Waals surface area contributed by atoms with Crippen LogP contribution in [0.25, 0.3) is 0 Å². The molecule has 1 aliphatic heterocycles. The van der Waals surface area contributed by atoms with Crippen molar-refractivity contribution < 1.29 is 9.90 Å². The Balaban J connectivity index is 0.00000196. The summed E-state index contributed by atoms with van der Waals surface area (Å²) in [5.74, 6) is 0. The minimum atomic E-state index is -0.801. The lowest BCUT2D eigenvalue weighted by atomic mass is 9.98. The third-order valence-corrected chi connectivity index (χ3v) is 2.60. The lowest BCUT2D eigenvalue weighted by Crippen LogP contribution is -2.54. The van der Waals surface area contributed by atoms with Gasteiger partial charge >= 0.3 is 6.09 Å². The molecule has 0 saturated carbocycles. The molecule has 1 saturated heterocycles. The summed E-state index contributed by atoms with van der Waals surface area (Å²) in [7, 11) is 0. The van der Waals surface area contributed by atoms with E-state index < -0.39 is 6.09 Å². The lowest BCUT2D eigenvalue weighted by Gasteiger charge is -2.41. The molecule has 5 heteroatoms. The van der Waals surface area contributed by atoms with Crippen LogP contribution in [0.15, 0.2) is 0 Å². The van der Waals surface area contributed by atoms with E-state index in [4.69, 9.17) is 5.11 Å². The second-order valence-electron chi connectivity index (χ2n) is 4.80. The van der Waals surface area contributed by atoms with Gasteiger partial charge in [0.25, 0.3) is 0 Å². The molecular weight excluding hydrogens is 216 g/mol. The molecule has 0 radical (unpaired) electrons. The molecule has 1 fully saturated rings. The zero-order chi connectivity index (χ0) is 10.8. The van der Waals surface area contributed by atoms with Gasteiger partial charge in [-0.1, -0.05) is 0 Å². The number of nitrogens with one attached hydrogen (secondary N) is 1. The molecule has 90 valence electrons. The molecule has 1 amide bonds. The fraction of sp³-hybridized carbons (Fsp3) is 0.900. The second kappa shape index (κ2) is 5.56. The van der Waals surface area contributed by atoms with Crippen molar-refractivity contribution in [2.24, 2.45) is 0 Å². The van der Waals surface area contributed by atoms with E-state index in [1.807, 2.05) is 20.8 Å². The van der Waals surface area contributed by atoms with E-state index in [2.05, 4.69) is 5.32 Å². The van der Waals surface area contributed by atoms with Crippen LogP contribution in [0.1, 0.15) is 33.6 Å². The van der Waals surface area contributed by atoms with Gasteiger partial charge in [0.15, 0.2) is 0 Å². The molecule has 1 aliphatic rings. The minimum absolute atomic E-state index is 0. The Labute approximate surface area is 97.4 Å². The molecular formula is C10H21ClN2O2. The van der Waals surface area contributed by atoms with Crippen molar-refractivity contribution >= 4 is 18.5 Å². The number of amides is 1. The molecule has 1 rings (SSSR count). The van der Waals surface area contributed by atoms with Crippen LogP contribution in [0.4, 0.5) is 4.79 Å². The molecule has 1 heterocycles. The standard InChI is InChI=1S/C10H20N2O2.ClH/c1-10(2,3)12(9(13)14)8-4-6-11-7-5-8;/h8,11H,4-7H2,1-3H3,(H,13,14);1H. The quantitative estimate of drug-likeness (QED) is 0.732. The lowest BCUT2D eigenvalue weighted by molar-refractivity contribution is 0.0594. The number of carboxylic acid groups (broad SMARTS) is 1. The number of carbonyl (C=O) groups is 1. The summed E-state index contributed by atoms with van der Waals surface area (Å²) in [6.07, 6.45) is 1.04. The van der Waals surface area contributed by atoms with Crippen LogP contribution in [-0.4, -0.2) is 40.8 Å². The number of piperidine rings is 1. The third-order valence-electron chi connectivity index (χ3n) is 2.60. The molecule has 0 aromatic heterocycles. The number of hydrogen-bond donors (Lipinski definition) is 2. The van der Waals surface area contributed by atoms with E-state index in [-0.39, 0.29) is 24.0 Å². The fourth-order valence-corrected chi connectivity index (χ4v) is 2.06. The van der Waals surface area contributed by atoms with Gasteiger partial charge in [-0.15, -0.1) is 12.4 Å².